The van der Waals surface area contributed by atoms with Crippen molar-refractivity contribution >= 4 is 23.2 Å². The maximum atomic E-state index is 12.5. The molecule has 1 aliphatic rings. The van der Waals surface area contributed by atoms with Gasteiger partial charge in [0, 0.05) is 35.5 Å². The third-order valence-corrected chi connectivity index (χ3v) is 6.55. The van der Waals surface area contributed by atoms with Crippen LogP contribution in [0.1, 0.15) is 41.6 Å². The largest absolute Gasteiger partial charge is 0.484 e. The van der Waals surface area contributed by atoms with Gasteiger partial charge in [0.05, 0.1) is 5.69 Å². The van der Waals surface area contributed by atoms with E-state index < -0.39 is 0 Å². The van der Waals surface area contributed by atoms with Crippen LogP contribution >= 0.6 is 0 Å². The Balaban J connectivity index is 1.15. The lowest BCUT2D eigenvalue weighted by molar-refractivity contribution is -0.118. The van der Waals surface area contributed by atoms with Crippen molar-refractivity contribution in [1.29, 1.82) is 0 Å². The number of nitrogens with one attached hydrogen (secondary N) is 1. The fourth-order valence-electron chi connectivity index (χ4n) is 4.51. The first-order valence-electron chi connectivity index (χ1n) is 13.0. The van der Waals surface area contributed by atoms with E-state index in [4.69, 9.17) is 4.74 Å². The predicted octanol–water partition coefficient (Wildman–Crippen LogP) is 5.77. The summed E-state index contributed by atoms with van der Waals surface area (Å²) in [4.78, 5) is 27.4. The second kappa shape index (κ2) is 12.1. The van der Waals surface area contributed by atoms with Crippen LogP contribution in [0.2, 0.25) is 0 Å². The van der Waals surface area contributed by atoms with Crippen molar-refractivity contribution in [2.75, 3.05) is 29.9 Å². The van der Waals surface area contributed by atoms with E-state index in [-0.39, 0.29) is 18.3 Å². The highest BCUT2D eigenvalue weighted by Crippen LogP contribution is 2.23. The van der Waals surface area contributed by atoms with Gasteiger partial charge in [0.25, 0.3) is 5.91 Å². The fourth-order valence-corrected chi connectivity index (χ4v) is 4.51. The molecule has 192 valence electrons. The van der Waals surface area contributed by atoms with Crippen LogP contribution in [0.25, 0.3) is 11.3 Å². The smallest absolute Gasteiger partial charge is 0.262 e. The average molecular weight is 507 g/mol. The zero-order chi connectivity index (χ0) is 26.2. The van der Waals surface area contributed by atoms with Crippen LogP contribution in [-0.2, 0) is 4.79 Å². The van der Waals surface area contributed by atoms with E-state index in [0.717, 1.165) is 30.2 Å². The number of amides is 1. The molecule has 0 unspecified atom stereocenters. The maximum absolute atomic E-state index is 12.5. The summed E-state index contributed by atoms with van der Waals surface area (Å²) >= 11 is 0. The lowest BCUT2D eigenvalue weighted by atomic mass is 10.0. The molecule has 1 saturated heterocycles. The van der Waals surface area contributed by atoms with Crippen molar-refractivity contribution in [3.63, 3.8) is 0 Å². The number of hydrogen-bond donors (Lipinski definition) is 1. The Morgan fingerprint density at radius 3 is 2.21 bits per heavy atom. The number of carbonyl (C=O) groups excluding carboxylic acids is 2. The molecule has 1 aliphatic heterocycles. The van der Waals surface area contributed by atoms with Crippen LogP contribution in [0.15, 0.2) is 91.0 Å². The first-order valence-corrected chi connectivity index (χ1v) is 13.0. The quantitative estimate of drug-likeness (QED) is 0.305. The zero-order valence-electron chi connectivity index (χ0n) is 21.2. The molecule has 1 aromatic heterocycles. The Hall–Kier alpha value is -4.52. The minimum Gasteiger partial charge on any atom is -0.484 e. The van der Waals surface area contributed by atoms with Crippen LogP contribution in [0.4, 0.5) is 11.5 Å². The van der Waals surface area contributed by atoms with E-state index in [0.29, 0.717) is 22.6 Å². The number of carbonyl (C=O) groups is 2. The highest BCUT2D eigenvalue weighted by atomic mass is 16.5. The van der Waals surface area contributed by atoms with Crippen molar-refractivity contribution in [3.05, 3.63) is 102 Å². The van der Waals surface area contributed by atoms with E-state index in [2.05, 4.69) is 20.4 Å². The predicted molar refractivity (Wildman–Crippen MR) is 149 cm³/mol. The minimum absolute atomic E-state index is 0.0592. The number of anilines is 2. The van der Waals surface area contributed by atoms with E-state index in [1.165, 1.54) is 25.7 Å². The van der Waals surface area contributed by atoms with Crippen LogP contribution in [0.5, 0.6) is 5.75 Å². The standard InChI is InChI=1S/C31H30N4O3/c36-30(22-38-27-15-13-24(14-16-27)31(37)23-9-4-3-5-10-23)32-26-12-8-11-25(21-26)28-17-18-29(34-33-28)35-19-6-1-2-7-20-35/h3-5,8-18,21H,1-2,6-7,19-20,22H2,(H,32,36). The Morgan fingerprint density at radius 1 is 0.763 bits per heavy atom. The summed E-state index contributed by atoms with van der Waals surface area (Å²) < 4.78 is 5.62. The van der Waals surface area contributed by atoms with Gasteiger partial charge in [0.15, 0.2) is 18.2 Å². The van der Waals surface area contributed by atoms with Crippen molar-refractivity contribution < 1.29 is 14.3 Å². The normalized spacial score (nSPS) is 13.4. The lowest BCUT2D eigenvalue weighted by Crippen LogP contribution is -2.25. The first kappa shape index (κ1) is 25.1. The molecule has 38 heavy (non-hydrogen) atoms. The molecular weight excluding hydrogens is 476 g/mol. The van der Waals surface area contributed by atoms with Crippen LogP contribution in [0, 0.1) is 0 Å². The molecule has 0 radical (unpaired) electrons. The number of hydrogen-bond acceptors (Lipinski definition) is 6. The molecule has 1 amide bonds. The van der Waals surface area contributed by atoms with Gasteiger partial charge in [0.1, 0.15) is 5.75 Å². The third-order valence-electron chi connectivity index (χ3n) is 6.55. The topological polar surface area (TPSA) is 84.4 Å². The Morgan fingerprint density at radius 2 is 1.50 bits per heavy atom. The summed E-state index contributed by atoms with van der Waals surface area (Å²) in [6.07, 6.45) is 4.92. The summed E-state index contributed by atoms with van der Waals surface area (Å²) in [5, 5.41) is 11.8. The van der Waals surface area contributed by atoms with Crippen molar-refractivity contribution in [2.24, 2.45) is 0 Å². The molecule has 4 aromatic rings. The van der Waals surface area contributed by atoms with Gasteiger partial charge in [0.2, 0.25) is 0 Å². The molecule has 0 saturated carbocycles. The molecule has 5 rings (SSSR count). The molecule has 7 heteroatoms. The van der Waals surface area contributed by atoms with Gasteiger partial charge in [-0.25, -0.2) is 0 Å². The number of rotatable bonds is 8. The first-order chi connectivity index (χ1) is 18.7. The SMILES string of the molecule is O=C(COc1ccc(C(=O)c2ccccc2)cc1)Nc1cccc(-c2ccc(N3CCCCCC3)nn2)c1. The Labute approximate surface area is 222 Å². The van der Waals surface area contributed by atoms with Gasteiger partial charge in [-0.05, 0) is 61.4 Å². The summed E-state index contributed by atoms with van der Waals surface area (Å²) in [6, 6.07) is 27.4. The van der Waals surface area contributed by atoms with Gasteiger partial charge in [-0.1, -0.05) is 55.3 Å². The Kier molecular flexibility index (Phi) is 8.04. The van der Waals surface area contributed by atoms with E-state index in [9.17, 15) is 9.59 Å². The summed E-state index contributed by atoms with van der Waals surface area (Å²) in [5.74, 6) is 1.08. The molecule has 1 N–H and O–H groups in total. The van der Waals surface area contributed by atoms with Gasteiger partial charge < -0.3 is 15.0 Å². The number of aromatic nitrogens is 2. The van der Waals surface area contributed by atoms with Gasteiger partial charge in [-0.3, -0.25) is 9.59 Å². The summed E-state index contributed by atoms with van der Waals surface area (Å²) in [6.45, 7) is 1.89. The second-order valence-electron chi connectivity index (χ2n) is 9.32. The molecule has 2 heterocycles. The minimum atomic E-state index is -0.283. The van der Waals surface area contributed by atoms with Crippen molar-refractivity contribution in [2.45, 2.75) is 25.7 Å². The summed E-state index contributed by atoms with van der Waals surface area (Å²) in [5.41, 5.74) is 3.46. The highest BCUT2D eigenvalue weighted by molar-refractivity contribution is 6.09. The molecule has 0 atom stereocenters. The van der Waals surface area contributed by atoms with Crippen molar-refractivity contribution in [1.82, 2.24) is 10.2 Å². The molecular formula is C31H30N4O3. The van der Waals surface area contributed by atoms with E-state index >= 15 is 0 Å². The summed E-state index contributed by atoms with van der Waals surface area (Å²) in [7, 11) is 0. The second-order valence-corrected chi connectivity index (χ2v) is 9.32. The monoisotopic (exact) mass is 506 g/mol. The van der Waals surface area contributed by atoms with E-state index in [1.54, 1.807) is 36.4 Å². The maximum Gasteiger partial charge on any atom is 0.262 e. The number of ketones is 1. The number of benzene rings is 3. The molecule has 7 nitrogen and oxygen atoms in total. The zero-order valence-corrected chi connectivity index (χ0v) is 21.2. The molecule has 1 fully saturated rings. The molecule has 0 aliphatic carbocycles. The Bertz CT molecular complexity index is 1360. The van der Waals surface area contributed by atoms with Crippen LogP contribution in [-0.4, -0.2) is 41.6 Å². The molecule has 0 spiro atoms. The lowest BCUT2D eigenvalue weighted by Gasteiger charge is -2.20. The fraction of sp³-hybridized carbons (Fsp3) is 0.226. The van der Waals surface area contributed by atoms with Gasteiger partial charge in [-0.15, -0.1) is 10.2 Å². The van der Waals surface area contributed by atoms with Crippen LogP contribution < -0.4 is 15.0 Å². The molecule has 0 bridgehead atoms. The van der Waals surface area contributed by atoms with Gasteiger partial charge >= 0.3 is 0 Å². The third kappa shape index (κ3) is 6.42. The molecule has 3 aromatic carbocycles. The highest BCUT2D eigenvalue weighted by Gasteiger charge is 2.13. The van der Waals surface area contributed by atoms with Crippen molar-refractivity contribution in [3.8, 4) is 17.0 Å². The van der Waals surface area contributed by atoms with Crippen LogP contribution in [0.3, 0.4) is 0 Å². The number of ether oxygens (including phenoxy) is 1. The van der Waals surface area contributed by atoms with Gasteiger partial charge in [-0.2, -0.15) is 0 Å². The van der Waals surface area contributed by atoms with E-state index in [1.807, 2.05) is 54.6 Å². The average Bonchev–Trinajstić information content (AvgIpc) is 3.27. The number of nitrogens with zero attached hydrogens (tertiary/aromatic N) is 3.